The van der Waals surface area contributed by atoms with Crippen molar-refractivity contribution in [2.24, 2.45) is 0 Å². The van der Waals surface area contributed by atoms with Gasteiger partial charge >= 0.3 is 0 Å². The molecule has 6 aromatic carbocycles. The van der Waals surface area contributed by atoms with Crippen molar-refractivity contribution in [3.8, 4) is 61.8 Å². The highest BCUT2D eigenvalue weighted by molar-refractivity contribution is 5.83. The predicted molar refractivity (Wildman–Crippen MR) is 220 cm³/mol. The number of hydrogen-bond donors (Lipinski definition) is 0. The lowest BCUT2D eigenvalue weighted by Crippen LogP contribution is -2.10. The molecule has 0 radical (unpaired) electrons. The summed E-state index contributed by atoms with van der Waals surface area (Å²) in [5.41, 5.74) is 16.7. The monoisotopic (exact) mass is 679 g/mol. The Balaban J connectivity index is 1.39. The summed E-state index contributed by atoms with van der Waals surface area (Å²) in [5.74, 6) is 1.67. The van der Waals surface area contributed by atoms with E-state index in [0.29, 0.717) is 0 Å². The highest BCUT2D eigenvalue weighted by Crippen LogP contribution is 2.38. The van der Waals surface area contributed by atoms with E-state index in [-0.39, 0.29) is 10.8 Å². The molecule has 3 nitrogen and oxygen atoms in total. The molecule has 0 aliphatic carbocycles. The highest BCUT2D eigenvalue weighted by atomic mass is 15.3. The van der Waals surface area contributed by atoms with Gasteiger partial charge in [-0.25, -0.2) is 0 Å². The summed E-state index contributed by atoms with van der Waals surface area (Å²) >= 11 is 0. The molecule has 0 unspecified atom stereocenters. The third kappa shape index (κ3) is 6.88. The first kappa shape index (κ1) is 34.9. The molecule has 52 heavy (non-hydrogen) atoms. The standard InChI is InChI=1S/C49H49N3/c1-32-14-10-11-19-44(32)52-46(50-51-47(52)45-33(2)15-12-16-34(45)3)38-18-13-17-37(28-38)41-30-39(35-20-24-42(25-21-35)48(4,5)6)29-40(31-41)36-22-26-43(27-23-36)49(7,8)9/h10-31H,1-9H3. The van der Waals surface area contributed by atoms with E-state index in [1.54, 1.807) is 0 Å². The second-order valence-electron chi connectivity index (χ2n) is 16.3. The van der Waals surface area contributed by atoms with Crippen LogP contribution in [0.25, 0.3) is 61.8 Å². The van der Waals surface area contributed by atoms with Crippen molar-refractivity contribution in [2.75, 3.05) is 0 Å². The maximum absolute atomic E-state index is 4.90. The summed E-state index contributed by atoms with van der Waals surface area (Å²) < 4.78 is 2.24. The molecule has 1 heterocycles. The van der Waals surface area contributed by atoms with Crippen LogP contribution in [0, 0.1) is 20.8 Å². The van der Waals surface area contributed by atoms with Gasteiger partial charge in [0.25, 0.3) is 0 Å². The van der Waals surface area contributed by atoms with E-state index in [1.165, 1.54) is 50.1 Å². The van der Waals surface area contributed by atoms with E-state index in [9.17, 15) is 0 Å². The van der Waals surface area contributed by atoms with Crippen molar-refractivity contribution >= 4 is 0 Å². The van der Waals surface area contributed by atoms with Gasteiger partial charge in [0.2, 0.25) is 0 Å². The zero-order chi connectivity index (χ0) is 36.8. The maximum atomic E-state index is 4.90. The summed E-state index contributed by atoms with van der Waals surface area (Å²) in [6.07, 6.45) is 0. The van der Waals surface area contributed by atoms with E-state index in [2.05, 4.69) is 200 Å². The fourth-order valence-corrected chi connectivity index (χ4v) is 7.13. The Morgan fingerprint density at radius 1 is 0.385 bits per heavy atom. The lowest BCUT2D eigenvalue weighted by atomic mass is 9.85. The first-order chi connectivity index (χ1) is 24.8. The van der Waals surface area contributed by atoms with Crippen molar-refractivity contribution < 1.29 is 0 Å². The first-order valence-corrected chi connectivity index (χ1v) is 18.3. The van der Waals surface area contributed by atoms with Crippen molar-refractivity contribution in [2.45, 2.75) is 73.1 Å². The SMILES string of the molecule is Cc1ccccc1-n1c(-c2cccc(-c3cc(-c4ccc(C(C)(C)C)cc4)cc(-c4ccc(C(C)(C)C)cc4)c3)c2)nnc1-c1c(C)cccc1C. The molecule has 0 fully saturated rings. The van der Waals surface area contributed by atoms with Crippen molar-refractivity contribution in [1.29, 1.82) is 0 Å². The Bertz CT molecular complexity index is 2280. The van der Waals surface area contributed by atoms with Crippen LogP contribution in [0.3, 0.4) is 0 Å². The van der Waals surface area contributed by atoms with Crippen LogP contribution in [0.5, 0.6) is 0 Å². The molecular formula is C49H49N3. The molecule has 1 aromatic heterocycles. The molecule has 7 rings (SSSR count). The van der Waals surface area contributed by atoms with Crippen LogP contribution in [0.2, 0.25) is 0 Å². The largest absolute Gasteiger partial charge is 0.275 e. The van der Waals surface area contributed by atoms with Crippen LogP contribution in [0.15, 0.2) is 133 Å². The average molecular weight is 680 g/mol. The molecule has 0 bridgehead atoms. The van der Waals surface area contributed by atoms with Gasteiger partial charge in [0, 0.05) is 11.1 Å². The van der Waals surface area contributed by atoms with Crippen LogP contribution in [-0.4, -0.2) is 14.8 Å². The number of aromatic nitrogens is 3. The number of nitrogens with zero attached hydrogens (tertiary/aromatic N) is 3. The second kappa shape index (κ2) is 13.5. The van der Waals surface area contributed by atoms with E-state index in [4.69, 9.17) is 10.2 Å². The van der Waals surface area contributed by atoms with Crippen molar-refractivity contribution in [3.05, 3.63) is 161 Å². The van der Waals surface area contributed by atoms with Gasteiger partial charge in [-0.3, -0.25) is 4.57 Å². The first-order valence-electron chi connectivity index (χ1n) is 18.3. The molecule has 0 aliphatic rings. The minimum Gasteiger partial charge on any atom is -0.275 e. The normalized spacial score (nSPS) is 11.9. The molecule has 0 N–H and O–H groups in total. The Morgan fingerprint density at radius 3 is 1.33 bits per heavy atom. The topological polar surface area (TPSA) is 30.7 Å². The highest BCUT2D eigenvalue weighted by Gasteiger charge is 2.22. The van der Waals surface area contributed by atoms with E-state index in [0.717, 1.165) is 39.6 Å². The van der Waals surface area contributed by atoms with Crippen molar-refractivity contribution in [1.82, 2.24) is 14.8 Å². The number of para-hydroxylation sites is 1. The minimum atomic E-state index is 0.0946. The summed E-state index contributed by atoms with van der Waals surface area (Å²) in [5, 5.41) is 9.77. The number of hydrogen-bond acceptors (Lipinski definition) is 2. The Labute approximate surface area is 310 Å². The van der Waals surface area contributed by atoms with Gasteiger partial charge in [-0.05, 0) is 123 Å². The Morgan fingerprint density at radius 2 is 0.808 bits per heavy atom. The van der Waals surface area contributed by atoms with Gasteiger partial charge in [0.15, 0.2) is 11.6 Å². The zero-order valence-corrected chi connectivity index (χ0v) is 32.0. The van der Waals surface area contributed by atoms with Crippen LogP contribution < -0.4 is 0 Å². The second-order valence-corrected chi connectivity index (χ2v) is 16.3. The third-order valence-electron chi connectivity index (χ3n) is 10.3. The molecule has 0 saturated heterocycles. The summed E-state index contributed by atoms with van der Waals surface area (Å²) in [7, 11) is 0. The molecule has 3 heteroatoms. The van der Waals surface area contributed by atoms with E-state index < -0.39 is 0 Å². The van der Waals surface area contributed by atoms with Crippen LogP contribution in [0.4, 0.5) is 0 Å². The maximum Gasteiger partial charge on any atom is 0.169 e. The summed E-state index contributed by atoms with van der Waals surface area (Å²) in [4.78, 5) is 0. The Hall–Kier alpha value is -5.54. The average Bonchev–Trinajstić information content (AvgIpc) is 3.55. The molecule has 0 amide bonds. The lowest BCUT2D eigenvalue weighted by molar-refractivity contribution is 0.590. The quantitative estimate of drug-likeness (QED) is 0.175. The number of aryl methyl sites for hydroxylation is 3. The third-order valence-corrected chi connectivity index (χ3v) is 10.3. The van der Waals surface area contributed by atoms with Gasteiger partial charge in [-0.15, -0.1) is 10.2 Å². The summed E-state index contributed by atoms with van der Waals surface area (Å²) in [6, 6.07) is 48.8. The minimum absolute atomic E-state index is 0.0946. The molecule has 0 aliphatic heterocycles. The molecule has 0 atom stereocenters. The summed E-state index contributed by atoms with van der Waals surface area (Å²) in [6.45, 7) is 20.0. The predicted octanol–water partition coefficient (Wildman–Crippen LogP) is 13.1. The zero-order valence-electron chi connectivity index (χ0n) is 32.0. The van der Waals surface area contributed by atoms with Crippen LogP contribution in [0.1, 0.15) is 69.4 Å². The Kier molecular flexibility index (Phi) is 9.09. The molecule has 0 spiro atoms. The van der Waals surface area contributed by atoms with Gasteiger partial charge in [-0.2, -0.15) is 0 Å². The molecule has 7 aromatic rings. The van der Waals surface area contributed by atoms with Crippen LogP contribution >= 0.6 is 0 Å². The van der Waals surface area contributed by atoms with E-state index in [1.807, 2.05) is 0 Å². The van der Waals surface area contributed by atoms with Gasteiger partial charge < -0.3 is 0 Å². The fraction of sp³-hybridized carbons (Fsp3) is 0.224. The van der Waals surface area contributed by atoms with E-state index >= 15 is 0 Å². The van der Waals surface area contributed by atoms with Gasteiger partial charge in [0.1, 0.15) is 0 Å². The fourth-order valence-electron chi connectivity index (χ4n) is 7.13. The van der Waals surface area contributed by atoms with Gasteiger partial charge in [-0.1, -0.05) is 145 Å². The van der Waals surface area contributed by atoms with Crippen molar-refractivity contribution in [3.63, 3.8) is 0 Å². The van der Waals surface area contributed by atoms with Gasteiger partial charge in [0.05, 0.1) is 5.69 Å². The lowest BCUT2D eigenvalue weighted by Gasteiger charge is -2.20. The number of rotatable bonds is 6. The smallest absolute Gasteiger partial charge is 0.169 e. The number of benzene rings is 6. The molecular weight excluding hydrogens is 631 g/mol. The molecule has 260 valence electrons. The van der Waals surface area contributed by atoms with Crippen LogP contribution in [-0.2, 0) is 10.8 Å². The molecule has 0 saturated carbocycles.